The van der Waals surface area contributed by atoms with Gasteiger partial charge in [0.1, 0.15) is 18.1 Å². The number of carbonyl (C=O) groups excluding carboxylic acids is 1. The average molecular weight is 312 g/mol. The second-order valence-corrected chi connectivity index (χ2v) is 6.38. The number of hydrogen-bond acceptors (Lipinski definition) is 3. The summed E-state index contributed by atoms with van der Waals surface area (Å²) < 4.78 is 10.9. The molecule has 0 bridgehead atoms. The monoisotopic (exact) mass is 312 g/mol. The van der Waals surface area contributed by atoms with Gasteiger partial charge in [0.25, 0.3) is 0 Å². The Kier molecular flexibility index (Phi) is 5.43. The normalized spacial score (nSPS) is 14.3. The van der Waals surface area contributed by atoms with Crippen LogP contribution in [0, 0.1) is 5.92 Å². The fourth-order valence-electron chi connectivity index (χ4n) is 2.43. The van der Waals surface area contributed by atoms with Gasteiger partial charge in [0, 0.05) is 5.57 Å². The molecule has 122 valence electrons. The SMILES string of the molecule is C=C1OC(=O)C(c2ccc(OCC=C(C)C)cc2)=C1CC(C)C. The Morgan fingerprint density at radius 3 is 2.48 bits per heavy atom. The molecule has 0 atom stereocenters. The van der Waals surface area contributed by atoms with Crippen LogP contribution >= 0.6 is 0 Å². The molecule has 0 amide bonds. The van der Waals surface area contributed by atoms with Gasteiger partial charge in [-0.3, -0.25) is 0 Å². The summed E-state index contributed by atoms with van der Waals surface area (Å²) in [7, 11) is 0. The Balaban J connectivity index is 2.22. The van der Waals surface area contributed by atoms with Crippen LogP contribution in [0.4, 0.5) is 0 Å². The molecule has 23 heavy (non-hydrogen) atoms. The number of ether oxygens (including phenoxy) is 2. The molecule has 0 spiro atoms. The number of cyclic esters (lactones) is 1. The molecule has 0 saturated heterocycles. The lowest BCUT2D eigenvalue weighted by molar-refractivity contribution is -0.131. The van der Waals surface area contributed by atoms with E-state index in [0.29, 0.717) is 23.9 Å². The largest absolute Gasteiger partial charge is 0.490 e. The maximum Gasteiger partial charge on any atom is 0.344 e. The summed E-state index contributed by atoms with van der Waals surface area (Å²) in [6, 6.07) is 7.55. The first-order valence-corrected chi connectivity index (χ1v) is 7.89. The number of hydrogen-bond donors (Lipinski definition) is 0. The number of esters is 1. The van der Waals surface area contributed by atoms with Crippen molar-refractivity contribution >= 4 is 11.5 Å². The molecule has 1 aliphatic heterocycles. The highest BCUT2D eigenvalue weighted by atomic mass is 16.5. The Labute approximate surface area is 138 Å². The molecule has 0 aliphatic carbocycles. The van der Waals surface area contributed by atoms with E-state index >= 15 is 0 Å². The first kappa shape index (κ1) is 17.1. The van der Waals surface area contributed by atoms with Crippen molar-refractivity contribution in [1.82, 2.24) is 0 Å². The van der Waals surface area contributed by atoms with Crippen molar-refractivity contribution in [1.29, 1.82) is 0 Å². The third kappa shape index (κ3) is 4.35. The summed E-state index contributed by atoms with van der Waals surface area (Å²) in [6.45, 7) is 12.7. The van der Waals surface area contributed by atoms with Gasteiger partial charge in [-0.2, -0.15) is 0 Å². The topological polar surface area (TPSA) is 35.5 Å². The lowest BCUT2D eigenvalue weighted by atomic mass is 9.94. The van der Waals surface area contributed by atoms with Crippen molar-refractivity contribution in [3.63, 3.8) is 0 Å². The average Bonchev–Trinajstić information content (AvgIpc) is 2.73. The van der Waals surface area contributed by atoms with E-state index in [1.54, 1.807) is 0 Å². The highest BCUT2D eigenvalue weighted by Crippen LogP contribution is 2.36. The molecule has 3 nitrogen and oxygen atoms in total. The summed E-state index contributed by atoms with van der Waals surface area (Å²) in [5.74, 6) is 1.37. The first-order chi connectivity index (χ1) is 10.9. The zero-order valence-electron chi connectivity index (χ0n) is 14.3. The van der Waals surface area contributed by atoms with E-state index in [1.807, 2.05) is 44.2 Å². The van der Waals surface area contributed by atoms with Gasteiger partial charge in [0.15, 0.2) is 0 Å². The number of rotatable bonds is 6. The van der Waals surface area contributed by atoms with Crippen LogP contribution in [0.5, 0.6) is 5.75 Å². The van der Waals surface area contributed by atoms with E-state index in [0.717, 1.165) is 23.3 Å². The van der Waals surface area contributed by atoms with Crippen molar-refractivity contribution in [3.05, 3.63) is 59.4 Å². The molecule has 0 fully saturated rings. The standard InChI is InChI=1S/C20H24O3/c1-13(2)10-11-22-17-8-6-16(7-9-17)19-18(12-14(3)4)15(5)23-20(19)21/h6-10,14H,5,11-12H2,1-4H3. The molecule has 1 aliphatic rings. The number of carbonyl (C=O) groups is 1. The van der Waals surface area contributed by atoms with Gasteiger partial charge in [0.05, 0.1) is 5.57 Å². The van der Waals surface area contributed by atoms with Gasteiger partial charge < -0.3 is 9.47 Å². The van der Waals surface area contributed by atoms with Crippen LogP contribution in [-0.2, 0) is 9.53 Å². The van der Waals surface area contributed by atoms with E-state index in [9.17, 15) is 4.79 Å². The lowest BCUT2D eigenvalue weighted by Crippen LogP contribution is -1.99. The van der Waals surface area contributed by atoms with E-state index in [4.69, 9.17) is 9.47 Å². The van der Waals surface area contributed by atoms with Gasteiger partial charge in [-0.05, 0) is 50.0 Å². The molecular formula is C20H24O3. The van der Waals surface area contributed by atoms with Crippen molar-refractivity contribution in [2.45, 2.75) is 34.1 Å². The first-order valence-electron chi connectivity index (χ1n) is 7.89. The minimum absolute atomic E-state index is 0.316. The molecule has 1 aromatic rings. The Morgan fingerprint density at radius 1 is 1.26 bits per heavy atom. The molecule has 3 heteroatoms. The second-order valence-electron chi connectivity index (χ2n) is 6.38. The van der Waals surface area contributed by atoms with Crippen LogP contribution in [0.3, 0.4) is 0 Å². The Hall–Kier alpha value is -2.29. The van der Waals surface area contributed by atoms with Crippen molar-refractivity contribution in [3.8, 4) is 5.75 Å². The molecule has 0 saturated carbocycles. The van der Waals surface area contributed by atoms with Crippen LogP contribution in [0.15, 0.2) is 53.8 Å². The lowest BCUT2D eigenvalue weighted by Gasteiger charge is -2.08. The predicted octanol–water partition coefficient (Wildman–Crippen LogP) is 4.90. The minimum atomic E-state index is -0.316. The van der Waals surface area contributed by atoms with Gasteiger partial charge >= 0.3 is 5.97 Å². The highest BCUT2D eigenvalue weighted by Gasteiger charge is 2.29. The third-order valence-electron chi connectivity index (χ3n) is 3.56. The maximum absolute atomic E-state index is 12.1. The Morgan fingerprint density at radius 2 is 1.91 bits per heavy atom. The van der Waals surface area contributed by atoms with E-state index in [2.05, 4.69) is 20.4 Å². The van der Waals surface area contributed by atoms with E-state index in [-0.39, 0.29) is 5.97 Å². The minimum Gasteiger partial charge on any atom is -0.490 e. The van der Waals surface area contributed by atoms with Gasteiger partial charge in [-0.15, -0.1) is 0 Å². The van der Waals surface area contributed by atoms with Crippen LogP contribution in [0.1, 0.15) is 39.7 Å². The zero-order chi connectivity index (χ0) is 17.0. The molecular weight excluding hydrogens is 288 g/mol. The van der Waals surface area contributed by atoms with Crippen LogP contribution < -0.4 is 4.74 Å². The van der Waals surface area contributed by atoms with Gasteiger partial charge in [-0.25, -0.2) is 4.79 Å². The number of benzene rings is 1. The quantitative estimate of drug-likeness (QED) is 0.553. The van der Waals surface area contributed by atoms with E-state index < -0.39 is 0 Å². The zero-order valence-corrected chi connectivity index (χ0v) is 14.3. The molecule has 1 aromatic carbocycles. The van der Waals surface area contributed by atoms with E-state index in [1.165, 1.54) is 5.57 Å². The molecule has 0 N–H and O–H groups in total. The third-order valence-corrected chi connectivity index (χ3v) is 3.56. The van der Waals surface area contributed by atoms with Crippen LogP contribution in [-0.4, -0.2) is 12.6 Å². The molecule has 1 heterocycles. The highest BCUT2D eigenvalue weighted by molar-refractivity contribution is 6.21. The van der Waals surface area contributed by atoms with Gasteiger partial charge in [-0.1, -0.05) is 38.1 Å². The molecule has 0 aromatic heterocycles. The summed E-state index contributed by atoms with van der Waals surface area (Å²) in [6.07, 6.45) is 2.80. The summed E-state index contributed by atoms with van der Waals surface area (Å²) in [5, 5.41) is 0. The fourth-order valence-corrected chi connectivity index (χ4v) is 2.43. The van der Waals surface area contributed by atoms with Crippen molar-refractivity contribution < 1.29 is 14.3 Å². The van der Waals surface area contributed by atoms with Gasteiger partial charge in [0.2, 0.25) is 0 Å². The fraction of sp³-hybridized carbons (Fsp3) is 0.350. The molecule has 2 rings (SSSR count). The Bertz CT molecular complexity index is 657. The summed E-state index contributed by atoms with van der Waals surface area (Å²) >= 11 is 0. The van der Waals surface area contributed by atoms with Crippen molar-refractivity contribution in [2.75, 3.05) is 6.61 Å². The van der Waals surface area contributed by atoms with Crippen molar-refractivity contribution in [2.24, 2.45) is 5.92 Å². The van der Waals surface area contributed by atoms with Crippen LogP contribution in [0.25, 0.3) is 5.57 Å². The summed E-state index contributed by atoms with van der Waals surface area (Å²) in [5.41, 5.74) is 3.60. The molecule has 0 radical (unpaired) electrons. The smallest absolute Gasteiger partial charge is 0.344 e. The predicted molar refractivity (Wildman–Crippen MR) is 93.0 cm³/mol. The van der Waals surface area contributed by atoms with Crippen LogP contribution in [0.2, 0.25) is 0 Å². The maximum atomic E-state index is 12.1. The number of allylic oxidation sites excluding steroid dienone is 2. The second kappa shape index (κ2) is 7.32. The molecule has 0 unspecified atom stereocenters. The summed E-state index contributed by atoms with van der Waals surface area (Å²) in [4.78, 5) is 12.1.